The van der Waals surface area contributed by atoms with Crippen molar-refractivity contribution in [2.45, 2.75) is 57.9 Å². The first-order chi connectivity index (χ1) is 6.75. The molecule has 0 radical (unpaired) electrons. The zero-order valence-electron chi connectivity index (χ0n) is 9.09. The number of rotatable bonds is 2. The summed E-state index contributed by atoms with van der Waals surface area (Å²) in [5.41, 5.74) is 0. The number of amides is 1. The molecule has 2 atom stereocenters. The van der Waals surface area contributed by atoms with Crippen molar-refractivity contribution in [3.63, 3.8) is 0 Å². The topological polar surface area (TPSA) is 29.1 Å². The Labute approximate surface area is 86.5 Å². The van der Waals surface area contributed by atoms with E-state index in [1.54, 1.807) is 0 Å². The zero-order chi connectivity index (χ0) is 9.97. The summed E-state index contributed by atoms with van der Waals surface area (Å²) < 4.78 is 0. The van der Waals surface area contributed by atoms with Crippen LogP contribution in [0.15, 0.2) is 0 Å². The van der Waals surface area contributed by atoms with E-state index in [2.05, 4.69) is 12.2 Å². The molecule has 0 aromatic heterocycles. The highest BCUT2D eigenvalue weighted by atomic mass is 16.1. The van der Waals surface area contributed by atoms with Gasteiger partial charge in [0.2, 0.25) is 5.91 Å². The van der Waals surface area contributed by atoms with Gasteiger partial charge in [-0.05, 0) is 38.0 Å². The average Bonchev–Trinajstić information content (AvgIpc) is 2.75. The van der Waals surface area contributed by atoms with Crippen LogP contribution < -0.4 is 5.32 Å². The molecule has 2 heteroatoms. The van der Waals surface area contributed by atoms with Gasteiger partial charge in [-0.2, -0.15) is 0 Å². The lowest BCUT2D eigenvalue weighted by atomic mass is 10.1. The van der Waals surface area contributed by atoms with Crippen molar-refractivity contribution in [1.29, 1.82) is 0 Å². The van der Waals surface area contributed by atoms with Crippen LogP contribution in [-0.4, -0.2) is 11.9 Å². The smallest absolute Gasteiger partial charge is 0.223 e. The Bertz CT molecular complexity index is 208. The highest BCUT2D eigenvalue weighted by Gasteiger charge is 2.27. The third kappa shape index (κ3) is 2.28. The van der Waals surface area contributed by atoms with Crippen LogP contribution in [0.2, 0.25) is 0 Å². The lowest BCUT2D eigenvalue weighted by molar-refractivity contribution is -0.125. The lowest BCUT2D eigenvalue weighted by Gasteiger charge is -2.15. The molecule has 2 unspecified atom stereocenters. The molecule has 0 spiro atoms. The maximum Gasteiger partial charge on any atom is 0.223 e. The molecule has 0 aliphatic heterocycles. The fraction of sp³-hybridized carbons (Fsp3) is 0.917. The van der Waals surface area contributed by atoms with Gasteiger partial charge in [0.05, 0.1) is 0 Å². The molecule has 0 bridgehead atoms. The number of nitrogens with one attached hydrogen (secondary N) is 1. The monoisotopic (exact) mass is 195 g/mol. The Kier molecular flexibility index (Phi) is 3.09. The quantitative estimate of drug-likeness (QED) is 0.720. The van der Waals surface area contributed by atoms with Crippen LogP contribution in [0.1, 0.15) is 51.9 Å². The number of carbonyl (C=O) groups excluding carboxylic acids is 1. The highest BCUT2D eigenvalue weighted by molar-refractivity contribution is 5.79. The molecule has 0 aromatic rings. The van der Waals surface area contributed by atoms with Gasteiger partial charge >= 0.3 is 0 Å². The van der Waals surface area contributed by atoms with Crippen LogP contribution in [0.5, 0.6) is 0 Å². The van der Waals surface area contributed by atoms with Crippen LogP contribution in [0.3, 0.4) is 0 Å². The molecule has 2 aliphatic carbocycles. The van der Waals surface area contributed by atoms with Crippen molar-refractivity contribution in [2.75, 3.05) is 0 Å². The van der Waals surface area contributed by atoms with E-state index in [0.717, 1.165) is 18.8 Å². The molecule has 0 heterocycles. The van der Waals surface area contributed by atoms with Crippen molar-refractivity contribution in [2.24, 2.45) is 11.8 Å². The highest BCUT2D eigenvalue weighted by Crippen LogP contribution is 2.28. The minimum absolute atomic E-state index is 0.335. The Morgan fingerprint density at radius 3 is 2.43 bits per heavy atom. The third-order valence-corrected chi connectivity index (χ3v) is 3.77. The van der Waals surface area contributed by atoms with Crippen molar-refractivity contribution < 1.29 is 4.79 Å². The molecular weight excluding hydrogens is 174 g/mol. The molecule has 2 saturated carbocycles. The molecule has 2 fully saturated rings. The van der Waals surface area contributed by atoms with Crippen LogP contribution in [0.4, 0.5) is 0 Å². The molecule has 2 rings (SSSR count). The van der Waals surface area contributed by atoms with Crippen molar-refractivity contribution in [3.8, 4) is 0 Å². The summed E-state index contributed by atoms with van der Waals surface area (Å²) in [6.45, 7) is 2.28. The number of carbonyl (C=O) groups is 1. The molecule has 2 nitrogen and oxygen atoms in total. The minimum Gasteiger partial charge on any atom is -0.353 e. The second-order valence-corrected chi connectivity index (χ2v) is 5.11. The van der Waals surface area contributed by atoms with E-state index in [1.165, 1.54) is 32.1 Å². The molecule has 1 amide bonds. The van der Waals surface area contributed by atoms with Gasteiger partial charge in [-0.15, -0.1) is 0 Å². The molecule has 1 N–H and O–H groups in total. The summed E-state index contributed by atoms with van der Waals surface area (Å²) in [5, 5.41) is 3.21. The summed E-state index contributed by atoms with van der Waals surface area (Å²) in [5.74, 6) is 1.48. The molecule has 0 aromatic carbocycles. The van der Waals surface area contributed by atoms with Crippen molar-refractivity contribution >= 4 is 5.91 Å². The van der Waals surface area contributed by atoms with E-state index in [4.69, 9.17) is 0 Å². The van der Waals surface area contributed by atoms with Crippen LogP contribution in [0.25, 0.3) is 0 Å². The summed E-state index contributed by atoms with van der Waals surface area (Å²) in [4.78, 5) is 11.8. The van der Waals surface area contributed by atoms with E-state index < -0.39 is 0 Å². The standard InChI is InChI=1S/C12H21NO/c1-9-6-7-11(8-9)13-12(14)10-4-2-3-5-10/h9-11H,2-8H2,1H3,(H,13,14). The van der Waals surface area contributed by atoms with Crippen LogP contribution in [-0.2, 0) is 4.79 Å². The van der Waals surface area contributed by atoms with Gasteiger partial charge in [-0.25, -0.2) is 0 Å². The maximum atomic E-state index is 11.8. The van der Waals surface area contributed by atoms with Gasteiger partial charge in [0.25, 0.3) is 0 Å². The Morgan fingerprint density at radius 2 is 1.86 bits per heavy atom. The summed E-state index contributed by atoms with van der Waals surface area (Å²) >= 11 is 0. The molecule has 2 aliphatic rings. The van der Waals surface area contributed by atoms with Crippen LogP contribution >= 0.6 is 0 Å². The maximum absolute atomic E-state index is 11.8. The molecule has 80 valence electrons. The van der Waals surface area contributed by atoms with E-state index in [9.17, 15) is 4.79 Å². The average molecular weight is 195 g/mol. The fourth-order valence-electron chi connectivity index (χ4n) is 2.85. The Balaban J connectivity index is 1.76. The fourth-order valence-corrected chi connectivity index (χ4v) is 2.85. The predicted molar refractivity (Wildman–Crippen MR) is 56.9 cm³/mol. The Hall–Kier alpha value is -0.530. The van der Waals surface area contributed by atoms with Gasteiger partial charge in [0, 0.05) is 12.0 Å². The summed E-state index contributed by atoms with van der Waals surface area (Å²) in [7, 11) is 0. The first kappa shape index (κ1) is 10.0. The zero-order valence-corrected chi connectivity index (χ0v) is 9.09. The van der Waals surface area contributed by atoms with Gasteiger partial charge in [-0.3, -0.25) is 4.79 Å². The second kappa shape index (κ2) is 4.33. The molecule has 0 saturated heterocycles. The minimum atomic E-state index is 0.335. The van der Waals surface area contributed by atoms with Gasteiger partial charge in [-0.1, -0.05) is 19.8 Å². The van der Waals surface area contributed by atoms with E-state index in [-0.39, 0.29) is 0 Å². The van der Waals surface area contributed by atoms with Crippen molar-refractivity contribution in [1.82, 2.24) is 5.32 Å². The van der Waals surface area contributed by atoms with Gasteiger partial charge in [0.1, 0.15) is 0 Å². The third-order valence-electron chi connectivity index (χ3n) is 3.77. The van der Waals surface area contributed by atoms with Crippen LogP contribution in [0, 0.1) is 11.8 Å². The SMILES string of the molecule is CC1CCC(NC(=O)C2CCCC2)C1. The number of hydrogen-bond acceptors (Lipinski definition) is 1. The first-order valence-corrected chi connectivity index (χ1v) is 6.06. The first-order valence-electron chi connectivity index (χ1n) is 6.06. The van der Waals surface area contributed by atoms with Gasteiger partial charge in [0.15, 0.2) is 0 Å². The summed E-state index contributed by atoms with van der Waals surface area (Å²) in [6, 6.07) is 0.484. The normalized spacial score (nSPS) is 33.5. The Morgan fingerprint density at radius 1 is 1.14 bits per heavy atom. The molecule has 14 heavy (non-hydrogen) atoms. The predicted octanol–water partition coefficient (Wildman–Crippen LogP) is 2.48. The van der Waals surface area contributed by atoms with Crippen molar-refractivity contribution in [3.05, 3.63) is 0 Å². The lowest BCUT2D eigenvalue weighted by Crippen LogP contribution is -2.36. The van der Waals surface area contributed by atoms with E-state index >= 15 is 0 Å². The van der Waals surface area contributed by atoms with Gasteiger partial charge < -0.3 is 5.32 Å². The second-order valence-electron chi connectivity index (χ2n) is 5.11. The summed E-state index contributed by atoms with van der Waals surface area (Å²) in [6.07, 6.45) is 8.41. The van der Waals surface area contributed by atoms with E-state index in [1.807, 2.05) is 0 Å². The largest absolute Gasteiger partial charge is 0.353 e. The molecular formula is C12H21NO. The van der Waals surface area contributed by atoms with E-state index in [0.29, 0.717) is 17.9 Å². The number of hydrogen-bond donors (Lipinski definition) is 1.